The lowest BCUT2D eigenvalue weighted by molar-refractivity contribution is 0.0699. The normalized spacial score (nSPS) is 12.7. The van der Waals surface area contributed by atoms with Gasteiger partial charge in [-0.15, -0.1) is 0 Å². The van der Waals surface area contributed by atoms with Crippen molar-refractivity contribution in [3.05, 3.63) is 53.7 Å². The van der Waals surface area contributed by atoms with E-state index in [9.17, 15) is 9.90 Å². The predicted octanol–water partition coefficient (Wildman–Crippen LogP) is 3.44. The monoisotopic (exact) mass is 284 g/mol. The summed E-state index contributed by atoms with van der Waals surface area (Å²) < 4.78 is 7.45. The van der Waals surface area contributed by atoms with Crippen LogP contribution < -0.4 is 0 Å². The van der Waals surface area contributed by atoms with Gasteiger partial charge in [-0.25, -0.2) is 9.78 Å². The van der Waals surface area contributed by atoms with Crippen LogP contribution in [-0.2, 0) is 6.42 Å². The lowest BCUT2D eigenvalue weighted by atomic mass is 10.1. The zero-order chi connectivity index (χ0) is 15.0. The van der Waals surface area contributed by atoms with E-state index in [-0.39, 0.29) is 11.6 Å². The second kappa shape index (κ2) is 5.09. The van der Waals surface area contributed by atoms with Crippen LogP contribution in [0, 0.1) is 6.92 Å². The quantitative estimate of drug-likeness (QED) is 0.796. The molecule has 0 aliphatic heterocycles. The van der Waals surface area contributed by atoms with Gasteiger partial charge in [-0.05, 0) is 38.1 Å². The second-order valence-corrected chi connectivity index (χ2v) is 5.14. The molecule has 21 heavy (non-hydrogen) atoms. The maximum absolute atomic E-state index is 11.3. The Labute approximate surface area is 121 Å². The van der Waals surface area contributed by atoms with Gasteiger partial charge in [0.15, 0.2) is 0 Å². The van der Waals surface area contributed by atoms with E-state index < -0.39 is 5.97 Å². The van der Waals surface area contributed by atoms with Gasteiger partial charge >= 0.3 is 5.97 Å². The lowest BCUT2D eigenvalue weighted by Gasteiger charge is -2.15. The molecular weight excluding hydrogens is 268 g/mol. The number of rotatable bonds is 4. The van der Waals surface area contributed by atoms with Crippen molar-refractivity contribution in [2.24, 2.45) is 0 Å². The Morgan fingerprint density at radius 2 is 2.19 bits per heavy atom. The van der Waals surface area contributed by atoms with E-state index in [4.69, 9.17) is 4.42 Å². The van der Waals surface area contributed by atoms with Crippen molar-refractivity contribution in [2.45, 2.75) is 26.3 Å². The summed E-state index contributed by atoms with van der Waals surface area (Å²) in [6.45, 7) is 3.97. The topological polar surface area (TPSA) is 68.3 Å². The minimum Gasteiger partial charge on any atom is -0.478 e. The number of para-hydroxylation sites is 1. The first-order valence-corrected chi connectivity index (χ1v) is 6.81. The number of carboxylic acid groups (broad SMARTS) is 1. The highest BCUT2D eigenvalue weighted by Crippen LogP contribution is 2.25. The molecule has 0 fully saturated rings. The van der Waals surface area contributed by atoms with Crippen LogP contribution in [0.3, 0.4) is 0 Å². The summed E-state index contributed by atoms with van der Waals surface area (Å²) in [6, 6.07) is 9.17. The third-order valence-electron chi connectivity index (χ3n) is 3.64. The molecule has 1 aromatic carbocycles. The van der Waals surface area contributed by atoms with Gasteiger partial charge in [0.25, 0.3) is 0 Å². The molecule has 0 saturated heterocycles. The molecule has 0 aliphatic carbocycles. The first kappa shape index (κ1) is 13.4. The van der Waals surface area contributed by atoms with Gasteiger partial charge in [-0.1, -0.05) is 6.07 Å². The highest BCUT2D eigenvalue weighted by Gasteiger charge is 2.18. The van der Waals surface area contributed by atoms with Crippen molar-refractivity contribution in [2.75, 3.05) is 0 Å². The molecule has 0 amide bonds. The molecule has 1 unspecified atom stereocenters. The Hall–Kier alpha value is -2.56. The zero-order valence-electron chi connectivity index (χ0n) is 11.9. The molecule has 5 heteroatoms. The van der Waals surface area contributed by atoms with Crippen molar-refractivity contribution >= 4 is 17.0 Å². The number of aromatic carboxylic acids is 1. The molecule has 108 valence electrons. The number of benzene rings is 1. The smallest absolute Gasteiger partial charge is 0.337 e. The van der Waals surface area contributed by atoms with Crippen molar-refractivity contribution in [3.63, 3.8) is 0 Å². The third kappa shape index (κ3) is 2.31. The first-order chi connectivity index (χ1) is 10.1. The number of hydrogen-bond donors (Lipinski definition) is 1. The van der Waals surface area contributed by atoms with Crippen molar-refractivity contribution in [3.8, 4) is 0 Å². The molecule has 0 bridgehead atoms. The fraction of sp³-hybridized carbons (Fsp3) is 0.250. The van der Waals surface area contributed by atoms with Crippen LogP contribution in [-0.4, -0.2) is 20.6 Å². The van der Waals surface area contributed by atoms with E-state index in [0.717, 1.165) is 23.5 Å². The Bertz CT molecular complexity index is 787. The lowest BCUT2D eigenvalue weighted by Crippen LogP contribution is -2.09. The Morgan fingerprint density at radius 3 is 2.86 bits per heavy atom. The summed E-state index contributed by atoms with van der Waals surface area (Å²) in [5.74, 6) is 0.750. The van der Waals surface area contributed by atoms with Gasteiger partial charge in [0.2, 0.25) is 0 Å². The highest BCUT2D eigenvalue weighted by molar-refractivity contribution is 6.01. The molecule has 2 heterocycles. The maximum atomic E-state index is 11.3. The number of carbonyl (C=O) groups is 1. The molecule has 2 aromatic heterocycles. The fourth-order valence-corrected chi connectivity index (χ4v) is 2.77. The summed E-state index contributed by atoms with van der Waals surface area (Å²) in [5, 5.41) is 9.26. The number of furan rings is 1. The highest BCUT2D eigenvalue weighted by atomic mass is 16.4. The number of aryl methyl sites for hydroxylation is 1. The number of hydrogen-bond acceptors (Lipinski definition) is 3. The molecule has 3 aromatic rings. The molecule has 0 spiro atoms. The van der Waals surface area contributed by atoms with Crippen LogP contribution in [0.2, 0.25) is 0 Å². The summed E-state index contributed by atoms with van der Waals surface area (Å²) in [4.78, 5) is 15.7. The number of nitrogens with zero attached hydrogens (tertiary/aromatic N) is 2. The zero-order valence-corrected chi connectivity index (χ0v) is 11.9. The first-order valence-electron chi connectivity index (χ1n) is 6.81. The van der Waals surface area contributed by atoms with Crippen LogP contribution in [0.25, 0.3) is 11.0 Å². The van der Waals surface area contributed by atoms with E-state index in [1.165, 1.54) is 0 Å². The van der Waals surface area contributed by atoms with E-state index in [1.54, 1.807) is 18.4 Å². The Morgan fingerprint density at radius 1 is 1.38 bits per heavy atom. The largest absolute Gasteiger partial charge is 0.478 e. The summed E-state index contributed by atoms with van der Waals surface area (Å²) in [5.41, 5.74) is 1.61. The van der Waals surface area contributed by atoms with Crippen LogP contribution in [0.1, 0.15) is 34.9 Å². The third-order valence-corrected chi connectivity index (χ3v) is 3.64. The fourth-order valence-electron chi connectivity index (χ4n) is 2.77. The number of fused-ring (bicyclic) bond motifs is 1. The number of carboxylic acids is 1. The number of aromatic nitrogens is 2. The molecular formula is C16H16N2O3. The Kier molecular flexibility index (Phi) is 3.25. The Balaban J connectivity index is 2.08. The summed E-state index contributed by atoms with van der Waals surface area (Å²) in [7, 11) is 0. The molecule has 5 nitrogen and oxygen atoms in total. The van der Waals surface area contributed by atoms with Gasteiger partial charge in [0.05, 0.1) is 17.3 Å². The molecule has 1 N–H and O–H groups in total. The van der Waals surface area contributed by atoms with Crippen molar-refractivity contribution in [1.29, 1.82) is 0 Å². The van der Waals surface area contributed by atoms with Gasteiger partial charge in [-0.2, -0.15) is 0 Å². The maximum Gasteiger partial charge on any atom is 0.337 e. The number of imidazole rings is 1. The average molecular weight is 284 g/mol. The summed E-state index contributed by atoms with van der Waals surface area (Å²) in [6.07, 6.45) is 2.39. The van der Waals surface area contributed by atoms with Crippen LogP contribution in [0.4, 0.5) is 0 Å². The minimum atomic E-state index is -0.955. The van der Waals surface area contributed by atoms with Crippen LogP contribution >= 0.6 is 0 Å². The molecule has 3 rings (SSSR count). The molecule has 0 radical (unpaired) electrons. The standard InChI is InChI=1S/C16H16N2O3/c1-10(9-12-5-4-8-21-12)18-11(2)17-15-13(16(19)20)6-3-7-14(15)18/h3-8,10H,9H2,1-2H3,(H,19,20). The van der Waals surface area contributed by atoms with Gasteiger partial charge < -0.3 is 14.1 Å². The summed E-state index contributed by atoms with van der Waals surface area (Å²) >= 11 is 0. The van der Waals surface area contributed by atoms with Crippen LogP contribution in [0.5, 0.6) is 0 Å². The van der Waals surface area contributed by atoms with Gasteiger partial charge in [-0.3, -0.25) is 0 Å². The average Bonchev–Trinajstić information content (AvgIpc) is 3.03. The molecule has 1 atom stereocenters. The van der Waals surface area contributed by atoms with Crippen molar-refractivity contribution < 1.29 is 14.3 Å². The van der Waals surface area contributed by atoms with Crippen molar-refractivity contribution in [1.82, 2.24) is 9.55 Å². The van der Waals surface area contributed by atoms with Gasteiger partial charge in [0.1, 0.15) is 17.1 Å². The van der Waals surface area contributed by atoms with E-state index in [0.29, 0.717) is 5.52 Å². The van der Waals surface area contributed by atoms with E-state index in [2.05, 4.69) is 16.5 Å². The molecule has 0 aliphatic rings. The predicted molar refractivity (Wildman–Crippen MR) is 78.6 cm³/mol. The SMILES string of the molecule is Cc1nc2c(C(=O)O)cccc2n1C(C)Cc1ccco1. The van der Waals surface area contributed by atoms with E-state index >= 15 is 0 Å². The van der Waals surface area contributed by atoms with Crippen LogP contribution in [0.15, 0.2) is 41.0 Å². The second-order valence-electron chi connectivity index (χ2n) is 5.14. The molecule has 0 saturated carbocycles. The minimum absolute atomic E-state index is 0.130. The van der Waals surface area contributed by atoms with Gasteiger partial charge in [0, 0.05) is 12.5 Å². The van der Waals surface area contributed by atoms with E-state index in [1.807, 2.05) is 25.1 Å².